The Balaban J connectivity index is 1.49. The fourth-order valence-corrected chi connectivity index (χ4v) is 3.22. The number of amides is 1. The van der Waals surface area contributed by atoms with Crippen LogP contribution in [0.1, 0.15) is 11.1 Å². The van der Waals surface area contributed by atoms with Gasteiger partial charge in [0.05, 0.1) is 17.8 Å². The highest BCUT2D eigenvalue weighted by Gasteiger charge is 2.06. The van der Waals surface area contributed by atoms with Crippen molar-refractivity contribution in [3.63, 3.8) is 0 Å². The number of aromatic nitrogens is 2. The molecule has 3 rings (SSSR count). The van der Waals surface area contributed by atoms with Crippen LogP contribution in [0.15, 0.2) is 67.3 Å². The number of rotatable bonds is 7. The van der Waals surface area contributed by atoms with Gasteiger partial charge in [0.25, 0.3) is 0 Å². The van der Waals surface area contributed by atoms with E-state index in [0.29, 0.717) is 18.1 Å². The van der Waals surface area contributed by atoms with Crippen LogP contribution < -0.4 is 5.32 Å². The van der Waals surface area contributed by atoms with Crippen LogP contribution in [-0.4, -0.2) is 21.2 Å². The van der Waals surface area contributed by atoms with Crippen LogP contribution in [0.25, 0.3) is 5.69 Å². The first-order valence-electron chi connectivity index (χ1n) is 7.87. The third-order valence-electron chi connectivity index (χ3n) is 3.67. The molecule has 0 radical (unpaired) electrons. The predicted molar refractivity (Wildman–Crippen MR) is 98.0 cm³/mol. The fourth-order valence-electron chi connectivity index (χ4n) is 2.40. The van der Waals surface area contributed by atoms with Crippen LogP contribution >= 0.6 is 11.8 Å². The van der Waals surface area contributed by atoms with Crippen LogP contribution in [0.4, 0.5) is 4.39 Å². The molecule has 0 aliphatic heterocycles. The number of hydrogen-bond donors (Lipinski definition) is 1. The van der Waals surface area contributed by atoms with Crippen molar-refractivity contribution in [3.8, 4) is 5.69 Å². The number of benzene rings is 2. The molecule has 0 aliphatic rings. The summed E-state index contributed by atoms with van der Waals surface area (Å²) in [5, 5.41) is 2.94. The number of carbonyl (C=O) groups excluding carboxylic acids is 1. The topological polar surface area (TPSA) is 46.9 Å². The van der Waals surface area contributed by atoms with Gasteiger partial charge in [0.2, 0.25) is 5.91 Å². The number of thioether (sulfide) groups is 1. The molecular weight excluding hydrogens is 337 g/mol. The lowest BCUT2D eigenvalue weighted by atomic mass is 10.1. The molecule has 1 aromatic heterocycles. The molecule has 1 amide bonds. The van der Waals surface area contributed by atoms with E-state index in [4.69, 9.17) is 0 Å². The molecule has 25 heavy (non-hydrogen) atoms. The van der Waals surface area contributed by atoms with Crippen molar-refractivity contribution in [3.05, 3.63) is 84.2 Å². The average molecular weight is 355 g/mol. The van der Waals surface area contributed by atoms with Gasteiger partial charge in [-0.15, -0.1) is 11.8 Å². The van der Waals surface area contributed by atoms with Gasteiger partial charge < -0.3 is 9.88 Å². The molecular formula is C19H18FN3OS. The van der Waals surface area contributed by atoms with Gasteiger partial charge in [0.15, 0.2) is 0 Å². The highest BCUT2D eigenvalue weighted by molar-refractivity contribution is 7.99. The molecule has 128 valence electrons. The number of nitrogens with one attached hydrogen (secondary N) is 1. The Kier molecular flexibility index (Phi) is 5.85. The Morgan fingerprint density at radius 1 is 1.16 bits per heavy atom. The number of nitrogens with zero attached hydrogens (tertiary/aromatic N) is 2. The Morgan fingerprint density at radius 3 is 2.72 bits per heavy atom. The zero-order valence-electron chi connectivity index (χ0n) is 13.6. The van der Waals surface area contributed by atoms with Crippen LogP contribution in [-0.2, 0) is 17.1 Å². The van der Waals surface area contributed by atoms with E-state index in [9.17, 15) is 9.18 Å². The van der Waals surface area contributed by atoms with Gasteiger partial charge in [-0.05, 0) is 29.3 Å². The number of hydrogen-bond acceptors (Lipinski definition) is 3. The molecule has 4 nitrogen and oxygen atoms in total. The predicted octanol–water partition coefficient (Wildman–Crippen LogP) is 3.56. The molecule has 3 aromatic rings. The largest absolute Gasteiger partial charge is 0.351 e. The molecule has 6 heteroatoms. The molecule has 1 heterocycles. The minimum atomic E-state index is -0.247. The maximum absolute atomic E-state index is 12.9. The number of carbonyl (C=O) groups is 1. The minimum absolute atomic E-state index is 0.0208. The summed E-state index contributed by atoms with van der Waals surface area (Å²) in [6.45, 7) is 0.463. The summed E-state index contributed by atoms with van der Waals surface area (Å²) >= 11 is 1.51. The number of para-hydroxylation sites is 1. The van der Waals surface area contributed by atoms with Crippen LogP contribution in [0.3, 0.4) is 0 Å². The maximum atomic E-state index is 12.9. The van der Waals surface area contributed by atoms with E-state index in [0.717, 1.165) is 16.8 Å². The monoisotopic (exact) mass is 355 g/mol. The van der Waals surface area contributed by atoms with Gasteiger partial charge in [-0.1, -0.05) is 30.3 Å². The summed E-state index contributed by atoms with van der Waals surface area (Å²) in [5.41, 5.74) is 3.03. The minimum Gasteiger partial charge on any atom is -0.351 e. The third kappa shape index (κ3) is 4.93. The molecule has 0 saturated heterocycles. The van der Waals surface area contributed by atoms with Gasteiger partial charge in [-0.25, -0.2) is 9.37 Å². The summed E-state index contributed by atoms with van der Waals surface area (Å²) in [6, 6.07) is 14.2. The first-order chi connectivity index (χ1) is 12.2. The summed E-state index contributed by atoms with van der Waals surface area (Å²) in [7, 11) is 0. The first-order valence-corrected chi connectivity index (χ1v) is 9.03. The number of imidazole rings is 1. The van der Waals surface area contributed by atoms with E-state index in [2.05, 4.69) is 10.3 Å². The highest BCUT2D eigenvalue weighted by atomic mass is 32.2. The van der Waals surface area contributed by atoms with Crippen molar-refractivity contribution in [2.24, 2.45) is 0 Å². The maximum Gasteiger partial charge on any atom is 0.230 e. The molecule has 0 spiro atoms. The SMILES string of the molecule is O=C(CSCc1ccc(F)cc1)NCc1ccccc1-n1ccnc1. The lowest BCUT2D eigenvalue weighted by Crippen LogP contribution is -2.25. The molecule has 1 N–H and O–H groups in total. The van der Waals surface area contributed by atoms with Gasteiger partial charge in [0, 0.05) is 24.7 Å². The fraction of sp³-hybridized carbons (Fsp3) is 0.158. The van der Waals surface area contributed by atoms with Crippen LogP contribution in [0, 0.1) is 5.82 Å². The van der Waals surface area contributed by atoms with Gasteiger partial charge in [0.1, 0.15) is 5.82 Å². The zero-order valence-corrected chi connectivity index (χ0v) is 14.4. The molecule has 2 aromatic carbocycles. The molecule has 0 saturated carbocycles. The standard InChI is InChI=1S/C19H18FN3OS/c20-17-7-5-15(6-8-17)12-25-13-19(24)22-11-16-3-1-2-4-18(16)23-10-9-21-14-23/h1-10,14H,11-13H2,(H,22,24). The van der Waals surface area contributed by atoms with E-state index in [1.165, 1.54) is 23.9 Å². The normalized spacial score (nSPS) is 10.6. The average Bonchev–Trinajstić information content (AvgIpc) is 3.16. The third-order valence-corrected chi connectivity index (χ3v) is 4.67. The van der Waals surface area contributed by atoms with Crippen molar-refractivity contribution in [1.29, 1.82) is 0 Å². The van der Waals surface area contributed by atoms with Crippen molar-refractivity contribution in [2.75, 3.05) is 5.75 Å². The second-order valence-corrected chi connectivity index (χ2v) is 6.48. The Hall–Kier alpha value is -2.60. The lowest BCUT2D eigenvalue weighted by Gasteiger charge is -2.11. The second kappa shape index (κ2) is 8.48. The van der Waals surface area contributed by atoms with E-state index < -0.39 is 0 Å². The van der Waals surface area contributed by atoms with E-state index in [1.807, 2.05) is 35.0 Å². The lowest BCUT2D eigenvalue weighted by molar-refractivity contribution is -0.118. The molecule has 0 unspecified atom stereocenters. The molecule has 0 aliphatic carbocycles. The van der Waals surface area contributed by atoms with E-state index in [1.54, 1.807) is 24.7 Å². The van der Waals surface area contributed by atoms with Gasteiger partial charge in [-0.3, -0.25) is 4.79 Å². The Morgan fingerprint density at radius 2 is 1.96 bits per heavy atom. The van der Waals surface area contributed by atoms with Crippen LogP contribution in [0.5, 0.6) is 0 Å². The van der Waals surface area contributed by atoms with Crippen molar-refractivity contribution in [1.82, 2.24) is 14.9 Å². The van der Waals surface area contributed by atoms with Crippen LogP contribution in [0.2, 0.25) is 0 Å². The van der Waals surface area contributed by atoms with Gasteiger partial charge in [-0.2, -0.15) is 0 Å². The quantitative estimate of drug-likeness (QED) is 0.705. The van der Waals surface area contributed by atoms with Gasteiger partial charge >= 0.3 is 0 Å². The summed E-state index contributed by atoms with van der Waals surface area (Å²) in [5.74, 6) is 0.778. The Labute approximate surface area is 150 Å². The Bertz CT molecular complexity index is 819. The summed E-state index contributed by atoms with van der Waals surface area (Å²) < 4.78 is 14.8. The van der Waals surface area contributed by atoms with Crippen molar-refractivity contribution < 1.29 is 9.18 Å². The van der Waals surface area contributed by atoms with E-state index in [-0.39, 0.29) is 11.7 Å². The van der Waals surface area contributed by atoms with Crippen molar-refractivity contribution >= 4 is 17.7 Å². The summed E-state index contributed by atoms with van der Waals surface area (Å²) in [6.07, 6.45) is 5.33. The highest BCUT2D eigenvalue weighted by Crippen LogP contribution is 2.15. The first kappa shape index (κ1) is 17.2. The summed E-state index contributed by atoms with van der Waals surface area (Å²) in [4.78, 5) is 16.1. The molecule has 0 bridgehead atoms. The smallest absolute Gasteiger partial charge is 0.230 e. The molecule has 0 fully saturated rings. The second-order valence-electron chi connectivity index (χ2n) is 5.49. The number of halogens is 1. The molecule has 0 atom stereocenters. The van der Waals surface area contributed by atoms with Crippen molar-refractivity contribution in [2.45, 2.75) is 12.3 Å². The van der Waals surface area contributed by atoms with E-state index >= 15 is 0 Å². The zero-order chi connectivity index (χ0) is 17.5.